The number of thiophene rings is 1. The third-order valence-electron chi connectivity index (χ3n) is 11.0. The Morgan fingerprint density at radius 2 is 1.16 bits per heavy atom. The van der Waals surface area contributed by atoms with Gasteiger partial charge in [-0.25, -0.2) is 19.6 Å². The molecule has 2 aliphatic heterocycles. The number of nitrogens with zero attached hydrogens (tertiary/aromatic N) is 4. The first-order valence-corrected chi connectivity index (χ1v) is 20.3. The number of nitrogens with one attached hydrogen (secondary N) is 4. The maximum atomic E-state index is 13.6. The second kappa shape index (κ2) is 16.8. The van der Waals surface area contributed by atoms with E-state index in [9.17, 15) is 19.2 Å². The van der Waals surface area contributed by atoms with E-state index >= 15 is 0 Å². The van der Waals surface area contributed by atoms with Crippen LogP contribution in [0.15, 0.2) is 60.9 Å². The van der Waals surface area contributed by atoms with E-state index in [4.69, 9.17) is 19.4 Å². The van der Waals surface area contributed by atoms with E-state index < -0.39 is 24.3 Å². The molecule has 0 bridgehead atoms. The van der Waals surface area contributed by atoms with Crippen LogP contribution >= 0.6 is 11.3 Å². The summed E-state index contributed by atoms with van der Waals surface area (Å²) in [5, 5.41) is 7.60. The van der Waals surface area contributed by atoms with Crippen LogP contribution in [0.4, 0.5) is 9.59 Å². The highest BCUT2D eigenvalue weighted by Gasteiger charge is 2.39. The molecule has 4 atom stereocenters. The fourth-order valence-corrected chi connectivity index (χ4v) is 8.84. The number of H-pyrrole nitrogens is 2. The van der Waals surface area contributed by atoms with Crippen molar-refractivity contribution in [3.8, 4) is 32.3 Å². The number of fused-ring (bicyclic) bond motifs is 1. The number of amides is 4. The molecule has 5 aromatic rings. The average molecular weight is 795 g/mol. The summed E-state index contributed by atoms with van der Waals surface area (Å²) in [6, 6.07) is 15.2. The van der Waals surface area contributed by atoms with Gasteiger partial charge in [-0.2, -0.15) is 0 Å². The average Bonchev–Trinajstić information content (AvgIpc) is 4.06. The topological polar surface area (TPSA) is 175 Å². The van der Waals surface area contributed by atoms with E-state index in [0.29, 0.717) is 13.1 Å². The Hall–Kier alpha value is -5.70. The standard InChI is InChI=1S/C42H50N8O6S/c1-23(2)35(47-41(53)55-5)39(51)49-17-7-9-31(49)37-43-21-29(45-37)27-13-11-26-20-28(14-12-25(26)19-27)33-15-16-34(57-33)30-22-44-38(46-30)32-10-8-18-50(32)40(52)36(24(3)4)48-42(54)56-6/h11-16,19-24,31-32,35-36H,7-10,17-18H2,1-6H3,(H,43,45)(H,44,46)(H,47,53)(H,48,54). The molecule has 3 aromatic heterocycles. The van der Waals surface area contributed by atoms with Crippen LogP contribution in [0.2, 0.25) is 0 Å². The first kappa shape index (κ1) is 39.5. The van der Waals surface area contributed by atoms with Crippen LogP contribution in [0.1, 0.15) is 77.1 Å². The molecule has 2 aromatic carbocycles. The highest BCUT2D eigenvalue weighted by molar-refractivity contribution is 7.18. The molecule has 4 unspecified atom stereocenters. The third-order valence-corrected chi connectivity index (χ3v) is 12.2. The Morgan fingerprint density at radius 1 is 0.684 bits per heavy atom. The Bertz CT molecular complexity index is 2260. The first-order chi connectivity index (χ1) is 27.4. The van der Waals surface area contributed by atoms with E-state index in [1.54, 1.807) is 11.3 Å². The zero-order valence-corrected chi connectivity index (χ0v) is 33.9. The number of carbonyl (C=O) groups is 4. The largest absolute Gasteiger partial charge is 0.453 e. The van der Waals surface area contributed by atoms with Crippen molar-refractivity contribution in [3.05, 3.63) is 72.6 Å². The second-order valence-electron chi connectivity index (χ2n) is 15.4. The predicted octanol–water partition coefficient (Wildman–Crippen LogP) is 7.44. The lowest BCUT2D eigenvalue weighted by molar-refractivity contribution is -0.136. The summed E-state index contributed by atoms with van der Waals surface area (Å²) < 4.78 is 9.53. The molecule has 0 aliphatic carbocycles. The number of carbonyl (C=O) groups excluding carboxylic acids is 4. The molecular formula is C42H50N8O6S. The molecule has 7 rings (SSSR count). The van der Waals surface area contributed by atoms with Crippen molar-refractivity contribution in [2.75, 3.05) is 27.3 Å². The lowest BCUT2D eigenvalue weighted by Crippen LogP contribution is -2.51. The summed E-state index contributed by atoms with van der Waals surface area (Å²) in [4.78, 5) is 73.3. The van der Waals surface area contributed by atoms with Crippen LogP contribution in [-0.2, 0) is 19.1 Å². The number of imidazole rings is 2. The van der Waals surface area contributed by atoms with E-state index in [1.807, 2.05) is 49.9 Å². The fourth-order valence-electron chi connectivity index (χ4n) is 7.87. The fraction of sp³-hybridized carbons (Fsp3) is 0.429. The highest BCUT2D eigenvalue weighted by atomic mass is 32.1. The van der Waals surface area contributed by atoms with Crippen molar-refractivity contribution in [1.29, 1.82) is 0 Å². The Kier molecular flexibility index (Phi) is 11.7. The number of benzene rings is 2. The predicted molar refractivity (Wildman–Crippen MR) is 218 cm³/mol. The molecule has 15 heteroatoms. The van der Waals surface area contributed by atoms with Gasteiger partial charge in [0, 0.05) is 23.5 Å². The maximum absolute atomic E-state index is 13.6. The summed E-state index contributed by atoms with van der Waals surface area (Å²) in [5.74, 6) is 0.980. The van der Waals surface area contributed by atoms with E-state index in [2.05, 4.69) is 69.1 Å². The number of hydrogen-bond donors (Lipinski definition) is 4. The lowest BCUT2D eigenvalue weighted by atomic mass is 10.0. The van der Waals surface area contributed by atoms with Crippen molar-refractivity contribution >= 4 is 46.1 Å². The van der Waals surface area contributed by atoms with Crippen LogP contribution in [-0.4, -0.2) is 93.1 Å². The Morgan fingerprint density at radius 3 is 1.68 bits per heavy atom. The van der Waals surface area contributed by atoms with Gasteiger partial charge in [0.1, 0.15) is 23.7 Å². The molecule has 5 heterocycles. The molecule has 4 N–H and O–H groups in total. The first-order valence-electron chi connectivity index (χ1n) is 19.5. The van der Waals surface area contributed by atoms with Crippen LogP contribution in [0, 0.1) is 11.8 Å². The van der Waals surface area contributed by atoms with Gasteiger partial charge in [-0.3, -0.25) is 9.59 Å². The number of alkyl carbamates (subject to hydrolysis) is 2. The minimum absolute atomic E-state index is 0.104. The number of likely N-dealkylation sites (tertiary alicyclic amines) is 2. The smallest absolute Gasteiger partial charge is 0.407 e. The zero-order chi connectivity index (χ0) is 40.4. The molecule has 4 amide bonds. The number of rotatable bonds is 11. The molecule has 0 saturated carbocycles. The molecular weight excluding hydrogens is 745 g/mol. The van der Waals surface area contributed by atoms with E-state index in [-0.39, 0.29) is 35.7 Å². The van der Waals surface area contributed by atoms with Crippen molar-refractivity contribution < 1.29 is 28.7 Å². The molecule has 300 valence electrons. The van der Waals surface area contributed by atoms with Gasteiger partial charge in [-0.1, -0.05) is 52.0 Å². The van der Waals surface area contributed by atoms with Crippen LogP contribution in [0.3, 0.4) is 0 Å². The molecule has 57 heavy (non-hydrogen) atoms. The van der Waals surface area contributed by atoms with Gasteiger partial charge in [0.05, 0.1) is 55.0 Å². The summed E-state index contributed by atoms with van der Waals surface area (Å²) in [7, 11) is 2.58. The van der Waals surface area contributed by atoms with Gasteiger partial charge in [-0.15, -0.1) is 11.3 Å². The van der Waals surface area contributed by atoms with E-state index in [0.717, 1.165) is 80.4 Å². The normalized spacial score (nSPS) is 18.0. The molecule has 2 aliphatic rings. The summed E-state index contributed by atoms with van der Waals surface area (Å²) >= 11 is 1.67. The van der Waals surface area contributed by atoms with Crippen molar-refractivity contribution in [1.82, 2.24) is 40.4 Å². The second-order valence-corrected chi connectivity index (χ2v) is 16.5. The van der Waals surface area contributed by atoms with Crippen molar-refractivity contribution in [2.24, 2.45) is 11.8 Å². The molecule has 2 fully saturated rings. The SMILES string of the molecule is COC(=O)NC(C(=O)N1CCCC1c1ncc(-c2ccc3cc(-c4ccc(-c5cnc(C6CCCN6C(=O)C(NC(=O)OC)C(C)C)[nH]5)s4)ccc3c2)[nH]1)C(C)C. The van der Waals surface area contributed by atoms with Gasteiger partial charge in [0.2, 0.25) is 11.8 Å². The van der Waals surface area contributed by atoms with Gasteiger partial charge < -0.3 is 39.9 Å². The van der Waals surface area contributed by atoms with Crippen LogP contribution in [0.25, 0.3) is 43.0 Å². The Balaban J connectivity index is 1.04. The monoisotopic (exact) mass is 794 g/mol. The number of aromatic nitrogens is 4. The van der Waals surface area contributed by atoms with Gasteiger partial charge in [-0.05, 0) is 78.1 Å². The van der Waals surface area contributed by atoms with Gasteiger partial charge in [0.25, 0.3) is 0 Å². The van der Waals surface area contributed by atoms with Crippen molar-refractivity contribution in [3.63, 3.8) is 0 Å². The maximum Gasteiger partial charge on any atom is 0.407 e. The molecule has 0 radical (unpaired) electrons. The lowest BCUT2D eigenvalue weighted by Gasteiger charge is -2.30. The summed E-state index contributed by atoms with van der Waals surface area (Å²) in [6.07, 6.45) is 5.67. The number of hydrogen-bond acceptors (Lipinski definition) is 9. The van der Waals surface area contributed by atoms with Crippen LogP contribution < -0.4 is 10.6 Å². The van der Waals surface area contributed by atoms with Crippen LogP contribution in [0.5, 0.6) is 0 Å². The van der Waals surface area contributed by atoms with Crippen molar-refractivity contribution in [2.45, 2.75) is 77.5 Å². The molecule has 2 saturated heterocycles. The minimum Gasteiger partial charge on any atom is -0.453 e. The minimum atomic E-state index is -0.688. The molecule has 0 spiro atoms. The summed E-state index contributed by atoms with van der Waals surface area (Å²) in [6.45, 7) is 8.81. The van der Waals surface area contributed by atoms with Gasteiger partial charge >= 0.3 is 12.2 Å². The third kappa shape index (κ3) is 8.24. The number of methoxy groups -OCH3 is 2. The van der Waals surface area contributed by atoms with Gasteiger partial charge in [0.15, 0.2) is 0 Å². The number of ether oxygens (including phenoxy) is 2. The number of aromatic amines is 2. The quantitative estimate of drug-likeness (QED) is 0.107. The molecule has 14 nitrogen and oxygen atoms in total. The zero-order valence-electron chi connectivity index (χ0n) is 33.1. The summed E-state index contributed by atoms with van der Waals surface area (Å²) in [5.41, 5.74) is 3.86. The highest BCUT2D eigenvalue weighted by Crippen LogP contribution is 2.38. The van der Waals surface area contributed by atoms with E-state index in [1.165, 1.54) is 14.2 Å². The Labute approximate surface area is 335 Å².